The van der Waals surface area contributed by atoms with Crippen LogP contribution >= 0.6 is 22.9 Å². The number of rotatable bonds is 4. The molecule has 0 saturated carbocycles. The number of ketones is 1. The molecule has 0 unspecified atom stereocenters. The molecule has 1 N–H and O–H groups in total. The number of nitrogens with zero attached hydrogens (tertiary/aromatic N) is 1. The molecule has 0 aliphatic carbocycles. The number of halogens is 1. The summed E-state index contributed by atoms with van der Waals surface area (Å²) >= 11 is 8.01. The number of hydrogen-bond donors (Lipinski definition) is 1. The summed E-state index contributed by atoms with van der Waals surface area (Å²) in [7, 11) is 0. The van der Waals surface area contributed by atoms with Gasteiger partial charge in [-0.05, 0) is 55.3 Å². The predicted molar refractivity (Wildman–Crippen MR) is 114 cm³/mol. The van der Waals surface area contributed by atoms with E-state index in [0.29, 0.717) is 10.6 Å². The summed E-state index contributed by atoms with van der Waals surface area (Å²) in [5, 5.41) is 11.3. The third-order valence-electron chi connectivity index (χ3n) is 4.93. The summed E-state index contributed by atoms with van der Waals surface area (Å²) in [6, 6.07) is 15.6. The quantitative estimate of drug-likeness (QED) is 0.472. The van der Waals surface area contributed by atoms with Crippen molar-refractivity contribution in [2.75, 3.05) is 18.0 Å². The van der Waals surface area contributed by atoms with E-state index >= 15 is 0 Å². The maximum Gasteiger partial charge on any atom is 0.185 e. The molecular weight excluding hydrogens is 378 g/mol. The summed E-state index contributed by atoms with van der Waals surface area (Å²) < 4.78 is 1.12. The van der Waals surface area contributed by atoms with E-state index < -0.39 is 0 Å². The van der Waals surface area contributed by atoms with Crippen molar-refractivity contribution in [3.63, 3.8) is 0 Å². The summed E-state index contributed by atoms with van der Waals surface area (Å²) in [4.78, 5) is 15.6. The second-order valence-electron chi connectivity index (χ2n) is 6.74. The van der Waals surface area contributed by atoms with Gasteiger partial charge in [-0.3, -0.25) is 4.79 Å². The van der Waals surface area contributed by atoms with Gasteiger partial charge in [-0.2, -0.15) is 0 Å². The third-order valence-corrected chi connectivity index (χ3v) is 6.58. The van der Waals surface area contributed by atoms with Crippen molar-refractivity contribution in [2.45, 2.75) is 18.9 Å². The first-order chi connectivity index (χ1) is 13.1. The maximum absolute atomic E-state index is 12.5. The number of aliphatic hydroxyl groups is 1. The summed E-state index contributed by atoms with van der Waals surface area (Å²) in [5.41, 5.74) is 1.75. The first-order valence-corrected chi connectivity index (χ1v) is 10.2. The normalized spacial score (nSPS) is 15.7. The van der Waals surface area contributed by atoms with Crippen LogP contribution in [0.4, 0.5) is 5.69 Å². The van der Waals surface area contributed by atoms with Crippen LogP contribution in [0.2, 0.25) is 5.02 Å². The number of hydrogen-bond acceptors (Lipinski definition) is 4. The van der Waals surface area contributed by atoms with Gasteiger partial charge in [0.05, 0.1) is 11.1 Å². The molecule has 5 heteroatoms. The molecule has 2 aromatic carbocycles. The maximum atomic E-state index is 12.5. The number of aliphatic hydroxyl groups excluding tert-OH is 1. The topological polar surface area (TPSA) is 40.5 Å². The minimum absolute atomic E-state index is 0.0378. The highest BCUT2D eigenvalue weighted by molar-refractivity contribution is 7.20. The van der Waals surface area contributed by atoms with Crippen LogP contribution in [0.5, 0.6) is 0 Å². The molecule has 3 nitrogen and oxygen atoms in total. The molecule has 138 valence electrons. The van der Waals surface area contributed by atoms with Gasteiger partial charge in [0.25, 0.3) is 0 Å². The standard InChI is InChI=1S/C22H20ClNO2S/c23-22-18-3-1-2-4-20(18)27-21(22)10-9-19(26)15-5-7-16(8-6-15)24-13-11-17(25)12-14-24/h1-10,17,25H,11-14H2. The van der Waals surface area contributed by atoms with Crippen LogP contribution in [0.15, 0.2) is 54.6 Å². The highest BCUT2D eigenvalue weighted by Crippen LogP contribution is 2.36. The van der Waals surface area contributed by atoms with Crippen molar-refractivity contribution in [3.8, 4) is 0 Å². The van der Waals surface area contributed by atoms with Gasteiger partial charge in [0.15, 0.2) is 5.78 Å². The van der Waals surface area contributed by atoms with Crippen LogP contribution in [-0.4, -0.2) is 30.1 Å². The SMILES string of the molecule is O=C(C=Cc1sc2ccccc2c1Cl)c1ccc(N2CCC(O)CC2)cc1. The van der Waals surface area contributed by atoms with Gasteiger partial charge in [-0.1, -0.05) is 29.8 Å². The van der Waals surface area contributed by atoms with Crippen molar-refractivity contribution in [1.29, 1.82) is 0 Å². The number of piperidine rings is 1. The zero-order valence-corrected chi connectivity index (χ0v) is 16.3. The predicted octanol–water partition coefficient (Wildman–Crippen LogP) is 5.41. The number of carbonyl (C=O) groups is 1. The minimum atomic E-state index is -0.187. The molecule has 0 bridgehead atoms. The van der Waals surface area contributed by atoms with Crippen molar-refractivity contribution < 1.29 is 9.90 Å². The average Bonchev–Trinajstić information content (AvgIpc) is 3.03. The van der Waals surface area contributed by atoms with Gasteiger partial charge < -0.3 is 10.0 Å². The lowest BCUT2D eigenvalue weighted by Gasteiger charge is -2.31. The molecule has 0 amide bonds. The molecule has 0 spiro atoms. The summed E-state index contributed by atoms with van der Waals surface area (Å²) in [6.07, 6.45) is 4.78. The Kier molecular flexibility index (Phi) is 5.30. The van der Waals surface area contributed by atoms with Crippen molar-refractivity contribution in [2.24, 2.45) is 0 Å². The second kappa shape index (κ2) is 7.85. The van der Waals surface area contributed by atoms with Crippen LogP contribution in [0.1, 0.15) is 28.1 Å². The first-order valence-electron chi connectivity index (χ1n) is 9.04. The minimum Gasteiger partial charge on any atom is -0.393 e. The van der Waals surface area contributed by atoms with Gasteiger partial charge in [-0.15, -0.1) is 11.3 Å². The zero-order chi connectivity index (χ0) is 18.8. The van der Waals surface area contributed by atoms with Crippen molar-refractivity contribution >= 4 is 50.6 Å². The molecule has 0 atom stereocenters. The van der Waals surface area contributed by atoms with Gasteiger partial charge >= 0.3 is 0 Å². The molecule has 0 radical (unpaired) electrons. The number of allylic oxidation sites excluding steroid dienone is 1. The van der Waals surface area contributed by atoms with Crippen LogP contribution in [0.3, 0.4) is 0 Å². The van der Waals surface area contributed by atoms with Gasteiger partial charge in [0.1, 0.15) is 0 Å². The molecule has 1 aliphatic heterocycles. The van der Waals surface area contributed by atoms with Crippen LogP contribution < -0.4 is 4.90 Å². The summed E-state index contributed by atoms with van der Waals surface area (Å²) in [6.45, 7) is 1.69. The van der Waals surface area contributed by atoms with E-state index in [1.807, 2.05) is 48.5 Å². The molecule has 27 heavy (non-hydrogen) atoms. The highest BCUT2D eigenvalue weighted by atomic mass is 35.5. The zero-order valence-electron chi connectivity index (χ0n) is 14.8. The Balaban J connectivity index is 1.47. The molecular formula is C22H20ClNO2S. The van der Waals surface area contributed by atoms with E-state index in [9.17, 15) is 9.90 Å². The van der Waals surface area contributed by atoms with E-state index in [0.717, 1.165) is 46.6 Å². The number of benzene rings is 2. The van der Waals surface area contributed by atoms with Gasteiger partial charge in [-0.25, -0.2) is 0 Å². The van der Waals surface area contributed by atoms with E-state index in [1.54, 1.807) is 23.5 Å². The molecule has 4 rings (SSSR count). The highest BCUT2D eigenvalue weighted by Gasteiger charge is 2.17. The van der Waals surface area contributed by atoms with Crippen molar-refractivity contribution in [1.82, 2.24) is 0 Å². The fourth-order valence-electron chi connectivity index (χ4n) is 3.35. The second-order valence-corrected chi connectivity index (χ2v) is 8.20. The smallest absolute Gasteiger partial charge is 0.185 e. The lowest BCUT2D eigenvalue weighted by atomic mass is 10.1. The van der Waals surface area contributed by atoms with Crippen LogP contribution in [0, 0.1) is 0 Å². The summed E-state index contributed by atoms with van der Waals surface area (Å²) in [5.74, 6) is -0.0378. The molecule has 1 aliphatic rings. The number of carbonyl (C=O) groups excluding carboxylic acids is 1. The lowest BCUT2D eigenvalue weighted by Crippen LogP contribution is -2.35. The molecule has 2 heterocycles. The Hall–Kier alpha value is -2.14. The Morgan fingerprint density at radius 3 is 2.52 bits per heavy atom. The van der Waals surface area contributed by atoms with E-state index in [4.69, 9.17) is 11.6 Å². The lowest BCUT2D eigenvalue weighted by molar-refractivity contribution is 0.104. The Morgan fingerprint density at radius 1 is 1.11 bits per heavy atom. The van der Waals surface area contributed by atoms with Crippen molar-refractivity contribution in [3.05, 3.63) is 70.1 Å². The third kappa shape index (κ3) is 3.93. The molecule has 1 fully saturated rings. The fraction of sp³-hybridized carbons (Fsp3) is 0.227. The molecule has 1 saturated heterocycles. The first kappa shape index (κ1) is 18.2. The number of anilines is 1. The number of thiophene rings is 1. The Labute approximate surface area is 167 Å². The van der Waals surface area contributed by atoms with Crippen LogP contribution in [-0.2, 0) is 0 Å². The molecule has 1 aromatic heterocycles. The molecule has 3 aromatic rings. The van der Waals surface area contributed by atoms with E-state index in [-0.39, 0.29) is 11.9 Å². The van der Waals surface area contributed by atoms with Crippen LogP contribution in [0.25, 0.3) is 16.2 Å². The average molecular weight is 398 g/mol. The van der Waals surface area contributed by atoms with Gasteiger partial charge in [0, 0.05) is 39.3 Å². The fourth-order valence-corrected chi connectivity index (χ4v) is 4.75. The monoisotopic (exact) mass is 397 g/mol. The van der Waals surface area contributed by atoms with Gasteiger partial charge in [0.2, 0.25) is 0 Å². The van der Waals surface area contributed by atoms with E-state index in [2.05, 4.69) is 4.90 Å². The Morgan fingerprint density at radius 2 is 1.81 bits per heavy atom. The Bertz CT molecular complexity index is 985. The van der Waals surface area contributed by atoms with E-state index in [1.165, 1.54) is 0 Å². The number of fused-ring (bicyclic) bond motifs is 1. The largest absolute Gasteiger partial charge is 0.393 e.